The van der Waals surface area contributed by atoms with Crippen LogP contribution >= 0.6 is 0 Å². The van der Waals surface area contributed by atoms with Crippen molar-refractivity contribution in [2.45, 2.75) is 52.7 Å². The van der Waals surface area contributed by atoms with Gasteiger partial charge in [-0.25, -0.2) is 4.98 Å². The van der Waals surface area contributed by atoms with E-state index in [4.69, 9.17) is 4.98 Å². The lowest BCUT2D eigenvalue weighted by Gasteiger charge is -2.28. The highest BCUT2D eigenvalue weighted by Crippen LogP contribution is 2.17. The number of amides is 1. The van der Waals surface area contributed by atoms with Crippen LogP contribution in [0.15, 0.2) is 35.1 Å². The van der Waals surface area contributed by atoms with Gasteiger partial charge in [-0.2, -0.15) is 0 Å². The van der Waals surface area contributed by atoms with Crippen LogP contribution in [-0.2, 0) is 37.3 Å². The third-order valence-electron chi connectivity index (χ3n) is 4.91. The van der Waals surface area contributed by atoms with E-state index in [1.54, 1.807) is 4.57 Å². The van der Waals surface area contributed by atoms with Gasteiger partial charge in [-0.15, -0.1) is 0 Å². The Balaban J connectivity index is 1.83. The second-order valence-corrected chi connectivity index (χ2v) is 6.99. The van der Waals surface area contributed by atoms with E-state index < -0.39 is 0 Å². The Labute approximate surface area is 160 Å². The van der Waals surface area contributed by atoms with E-state index in [1.807, 2.05) is 32.0 Å². The maximum absolute atomic E-state index is 13.1. The molecule has 0 radical (unpaired) electrons. The van der Waals surface area contributed by atoms with Gasteiger partial charge in [0.2, 0.25) is 5.91 Å². The maximum atomic E-state index is 13.1. The Morgan fingerprint density at radius 2 is 2.00 bits per heavy atom. The first-order valence-corrected chi connectivity index (χ1v) is 9.76. The molecule has 6 heteroatoms. The van der Waals surface area contributed by atoms with E-state index in [1.165, 1.54) is 5.56 Å². The van der Waals surface area contributed by atoms with Crippen LogP contribution in [-0.4, -0.2) is 33.4 Å². The standard InChI is InChI=1S/C21H28N4O2/c1-3-11-22-20(26)15-25-19(4-2)23-18-10-12-24(14-17(18)21(25)27)13-16-8-6-5-7-9-16/h5-9H,3-4,10-15H2,1-2H3,(H,22,26). The van der Waals surface area contributed by atoms with Crippen LogP contribution < -0.4 is 10.9 Å². The minimum absolute atomic E-state index is 0.0426. The summed E-state index contributed by atoms with van der Waals surface area (Å²) in [4.78, 5) is 32.3. The molecule has 1 aliphatic heterocycles. The maximum Gasteiger partial charge on any atom is 0.258 e. The first-order chi connectivity index (χ1) is 13.1. The van der Waals surface area contributed by atoms with Gasteiger partial charge >= 0.3 is 0 Å². The minimum atomic E-state index is -0.132. The number of aromatic nitrogens is 2. The molecule has 1 amide bonds. The molecule has 0 unspecified atom stereocenters. The molecule has 0 saturated carbocycles. The van der Waals surface area contributed by atoms with E-state index in [0.717, 1.165) is 37.2 Å². The number of carbonyl (C=O) groups is 1. The van der Waals surface area contributed by atoms with E-state index in [2.05, 4.69) is 22.3 Å². The van der Waals surface area contributed by atoms with Gasteiger partial charge in [-0.3, -0.25) is 19.1 Å². The summed E-state index contributed by atoms with van der Waals surface area (Å²) in [5.41, 5.74) is 2.80. The molecule has 1 aromatic heterocycles. The van der Waals surface area contributed by atoms with Crippen molar-refractivity contribution in [3.05, 3.63) is 63.3 Å². The Hall–Kier alpha value is -2.47. The molecule has 0 atom stereocenters. The summed E-state index contributed by atoms with van der Waals surface area (Å²) in [6.07, 6.45) is 2.28. The molecule has 3 rings (SSSR count). The fraction of sp³-hybridized carbons (Fsp3) is 0.476. The molecule has 0 spiro atoms. The van der Waals surface area contributed by atoms with Gasteiger partial charge in [0.25, 0.3) is 5.56 Å². The predicted molar refractivity (Wildman–Crippen MR) is 105 cm³/mol. The number of nitrogens with one attached hydrogen (secondary N) is 1. The van der Waals surface area contributed by atoms with Gasteiger partial charge in [0.15, 0.2) is 0 Å². The number of carbonyl (C=O) groups excluding carboxylic acids is 1. The normalized spacial score (nSPS) is 14.0. The van der Waals surface area contributed by atoms with Crippen molar-refractivity contribution < 1.29 is 4.79 Å². The Kier molecular flexibility index (Phi) is 6.40. The molecule has 0 aliphatic carbocycles. The van der Waals surface area contributed by atoms with Crippen molar-refractivity contribution in [3.8, 4) is 0 Å². The Bertz CT molecular complexity index is 845. The highest BCUT2D eigenvalue weighted by molar-refractivity contribution is 5.75. The number of nitrogens with zero attached hydrogens (tertiary/aromatic N) is 3. The molecule has 27 heavy (non-hydrogen) atoms. The molecule has 0 bridgehead atoms. The minimum Gasteiger partial charge on any atom is -0.355 e. The summed E-state index contributed by atoms with van der Waals surface area (Å²) >= 11 is 0. The molecule has 1 aromatic carbocycles. The third-order valence-corrected chi connectivity index (χ3v) is 4.91. The monoisotopic (exact) mass is 368 g/mol. The van der Waals surface area contributed by atoms with Gasteiger partial charge < -0.3 is 5.32 Å². The first kappa shape index (κ1) is 19.3. The van der Waals surface area contributed by atoms with Crippen LogP contribution in [0.5, 0.6) is 0 Å². The lowest BCUT2D eigenvalue weighted by Crippen LogP contribution is -2.41. The summed E-state index contributed by atoms with van der Waals surface area (Å²) < 4.78 is 1.55. The van der Waals surface area contributed by atoms with Gasteiger partial charge in [-0.1, -0.05) is 44.2 Å². The topological polar surface area (TPSA) is 67.2 Å². The quantitative estimate of drug-likeness (QED) is 0.810. The largest absolute Gasteiger partial charge is 0.355 e. The zero-order valence-electron chi connectivity index (χ0n) is 16.2. The Morgan fingerprint density at radius 1 is 1.22 bits per heavy atom. The van der Waals surface area contributed by atoms with E-state index in [-0.39, 0.29) is 18.0 Å². The van der Waals surface area contributed by atoms with Crippen LogP contribution in [0.4, 0.5) is 0 Å². The summed E-state index contributed by atoms with van der Waals surface area (Å²) in [5, 5.41) is 2.84. The van der Waals surface area contributed by atoms with Crippen LogP contribution in [0.3, 0.4) is 0 Å². The lowest BCUT2D eigenvalue weighted by atomic mass is 10.1. The zero-order chi connectivity index (χ0) is 19.2. The van der Waals surface area contributed by atoms with Crippen molar-refractivity contribution in [1.29, 1.82) is 0 Å². The summed E-state index contributed by atoms with van der Waals surface area (Å²) in [5.74, 6) is 0.564. The van der Waals surface area contributed by atoms with Crippen LogP contribution in [0, 0.1) is 0 Å². The highest BCUT2D eigenvalue weighted by Gasteiger charge is 2.23. The third kappa shape index (κ3) is 4.63. The van der Waals surface area contributed by atoms with Gasteiger partial charge in [0.05, 0.1) is 11.3 Å². The van der Waals surface area contributed by atoms with Gasteiger partial charge in [0, 0.05) is 39.0 Å². The molecule has 144 valence electrons. The van der Waals surface area contributed by atoms with Crippen LogP contribution in [0.2, 0.25) is 0 Å². The SMILES string of the molecule is CCCNC(=O)Cn1c(CC)nc2c(c1=O)CN(Cc1ccccc1)CC2. The molecule has 6 nitrogen and oxygen atoms in total. The van der Waals surface area contributed by atoms with E-state index in [0.29, 0.717) is 25.3 Å². The fourth-order valence-electron chi connectivity index (χ4n) is 3.49. The fourth-order valence-corrected chi connectivity index (χ4v) is 3.49. The molecule has 0 fully saturated rings. The van der Waals surface area contributed by atoms with Crippen molar-refractivity contribution in [1.82, 2.24) is 19.8 Å². The van der Waals surface area contributed by atoms with Crippen molar-refractivity contribution in [2.24, 2.45) is 0 Å². The lowest BCUT2D eigenvalue weighted by molar-refractivity contribution is -0.121. The molecular weight excluding hydrogens is 340 g/mol. The number of benzene rings is 1. The average molecular weight is 368 g/mol. The average Bonchev–Trinajstić information content (AvgIpc) is 2.69. The second-order valence-electron chi connectivity index (χ2n) is 6.99. The number of aryl methyl sites for hydroxylation is 1. The molecular formula is C21H28N4O2. The number of hydrogen-bond donors (Lipinski definition) is 1. The van der Waals surface area contributed by atoms with Crippen molar-refractivity contribution >= 4 is 5.91 Å². The first-order valence-electron chi connectivity index (χ1n) is 9.76. The summed E-state index contributed by atoms with van der Waals surface area (Å²) in [7, 11) is 0. The molecule has 0 saturated heterocycles. The number of hydrogen-bond acceptors (Lipinski definition) is 4. The van der Waals surface area contributed by atoms with Crippen molar-refractivity contribution in [3.63, 3.8) is 0 Å². The summed E-state index contributed by atoms with van der Waals surface area (Å²) in [6.45, 7) is 6.92. The Morgan fingerprint density at radius 3 is 2.70 bits per heavy atom. The second kappa shape index (κ2) is 8.95. The molecule has 1 aliphatic rings. The molecule has 2 aromatic rings. The van der Waals surface area contributed by atoms with Crippen molar-refractivity contribution in [2.75, 3.05) is 13.1 Å². The van der Waals surface area contributed by atoms with Gasteiger partial charge in [-0.05, 0) is 12.0 Å². The smallest absolute Gasteiger partial charge is 0.258 e. The zero-order valence-corrected chi connectivity index (χ0v) is 16.2. The number of fused-ring (bicyclic) bond motifs is 1. The van der Waals surface area contributed by atoms with E-state index >= 15 is 0 Å². The molecule has 2 heterocycles. The summed E-state index contributed by atoms with van der Waals surface area (Å²) in [6, 6.07) is 10.3. The highest BCUT2D eigenvalue weighted by atomic mass is 16.2. The van der Waals surface area contributed by atoms with Gasteiger partial charge in [0.1, 0.15) is 12.4 Å². The van der Waals surface area contributed by atoms with E-state index in [9.17, 15) is 9.59 Å². The predicted octanol–water partition coefficient (Wildman–Crippen LogP) is 1.89. The molecule has 1 N–H and O–H groups in total. The van der Waals surface area contributed by atoms with Crippen LogP contribution in [0.1, 0.15) is 42.9 Å². The number of rotatable bonds is 7. The van der Waals surface area contributed by atoms with Crippen LogP contribution in [0.25, 0.3) is 0 Å².